The molecule has 0 N–H and O–H groups in total. The van der Waals surface area contributed by atoms with Crippen molar-refractivity contribution < 1.29 is 14.4 Å². The van der Waals surface area contributed by atoms with Crippen LogP contribution in [0.4, 0.5) is 0 Å². The van der Waals surface area contributed by atoms with Crippen molar-refractivity contribution in [1.29, 1.82) is 0 Å². The van der Waals surface area contributed by atoms with E-state index in [1.807, 2.05) is 72.8 Å². The van der Waals surface area contributed by atoms with Gasteiger partial charge in [0.25, 0.3) is 0 Å². The van der Waals surface area contributed by atoms with Crippen LogP contribution in [0.5, 0.6) is 0 Å². The zero-order chi connectivity index (χ0) is 32.9. The van der Waals surface area contributed by atoms with Gasteiger partial charge >= 0.3 is 0 Å². The zero-order valence-corrected chi connectivity index (χ0v) is 26.0. The minimum atomic E-state index is 0.660. The Morgan fingerprint density at radius 3 is 0.521 bits per heavy atom. The fourth-order valence-electron chi connectivity index (χ4n) is 5.96. The van der Waals surface area contributed by atoms with E-state index in [-0.39, 0.29) is 0 Å². The summed E-state index contributed by atoms with van der Waals surface area (Å²) in [5.74, 6) is 0. The third-order valence-electron chi connectivity index (χ3n) is 8.73. The van der Waals surface area contributed by atoms with E-state index in [1.165, 1.54) is 0 Å². The number of carbonyl (C=O) groups excluding carboxylic acids is 3. The third-order valence-corrected chi connectivity index (χ3v) is 8.73. The smallest absolute Gasteiger partial charge is 0.150 e. The molecule has 7 rings (SSSR count). The second kappa shape index (κ2) is 13.5. The molecule has 0 spiro atoms. The molecular weight excluding hydrogens is 588 g/mol. The topological polar surface area (TPSA) is 51.2 Å². The van der Waals surface area contributed by atoms with Crippen LogP contribution in [-0.4, -0.2) is 18.9 Å². The van der Waals surface area contributed by atoms with Gasteiger partial charge in [0.05, 0.1) is 0 Å². The summed E-state index contributed by atoms with van der Waals surface area (Å²) in [7, 11) is 0. The first-order valence-corrected chi connectivity index (χ1v) is 15.7. The summed E-state index contributed by atoms with van der Waals surface area (Å²) in [6.45, 7) is 0. The molecular formula is C45H30O3. The summed E-state index contributed by atoms with van der Waals surface area (Å²) in [4.78, 5) is 33.3. The molecule has 0 unspecified atom stereocenters. The molecule has 0 radical (unpaired) electrons. The van der Waals surface area contributed by atoms with Crippen LogP contribution in [0.3, 0.4) is 0 Å². The van der Waals surface area contributed by atoms with E-state index in [0.29, 0.717) is 16.7 Å². The SMILES string of the molecule is O=Cc1ccc(-c2ccc(-c3cc(-c4ccc(-c5ccc(C=O)cc5)cc4)cc(-c4ccc(-c5ccc(C=O)cc5)cc4)c3)cc2)cc1. The molecule has 0 aliphatic rings. The number of carbonyl (C=O) groups is 3. The Morgan fingerprint density at radius 2 is 0.354 bits per heavy atom. The Hall–Kier alpha value is -6.45. The van der Waals surface area contributed by atoms with E-state index in [1.54, 1.807) is 0 Å². The maximum Gasteiger partial charge on any atom is 0.150 e. The number of benzene rings is 7. The maximum absolute atomic E-state index is 11.1. The van der Waals surface area contributed by atoms with E-state index >= 15 is 0 Å². The third kappa shape index (κ3) is 6.44. The standard InChI is InChI=1S/C45H30O3/c46-28-31-1-7-34(8-2-31)37-13-19-40(20-14-37)43-25-44(41-21-15-38(16-22-41)35-9-3-32(29-47)4-10-35)27-45(26-43)42-23-17-39(18-24-42)36-11-5-33(30-48)6-12-36/h1-30H. The number of aldehydes is 3. The number of rotatable bonds is 9. The van der Waals surface area contributed by atoms with Crippen molar-refractivity contribution >= 4 is 18.9 Å². The second-order valence-electron chi connectivity index (χ2n) is 11.8. The van der Waals surface area contributed by atoms with Gasteiger partial charge in [-0.25, -0.2) is 0 Å². The van der Waals surface area contributed by atoms with Crippen molar-refractivity contribution in [2.45, 2.75) is 0 Å². The van der Waals surface area contributed by atoms with Gasteiger partial charge in [-0.1, -0.05) is 146 Å². The quantitative estimate of drug-likeness (QED) is 0.151. The lowest BCUT2D eigenvalue weighted by Gasteiger charge is -2.13. The van der Waals surface area contributed by atoms with E-state index in [4.69, 9.17) is 0 Å². The molecule has 0 amide bonds. The first-order valence-electron chi connectivity index (χ1n) is 15.7. The van der Waals surface area contributed by atoms with Crippen molar-refractivity contribution in [1.82, 2.24) is 0 Å². The largest absolute Gasteiger partial charge is 0.298 e. The van der Waals surface area contributed by atoms with Crippen LogP contribution >= 0.6 is 0 Å². The van der Waals surface area contributed by atoms with Gasteiger partial charge in [0.15, 0.2) is 0 Å². The van der Waals surface area contributed by atoms with Gasteiger partial charge in [0.2, 0.25) is 0 Å². The molecule has 7 aromatic carbocycles. The number of hydrogen-bond donors (Lipinski definition) is 0. The van der Waals surface area contributed by atoms with Gasteiger partial charge in [-0.3, -0.25) is 14.4 Å². The zero-order valence-electron chi connectivity index (χ0n) is 26.0. The molecule has 0 fully saturated rings. The first kappa shape index (κ1) is 30.2. The maximum atomic E-state index is 11.1. The van der Waals surface area contributed by atoms with Gasteiger partial charge in [-0.05, 0) is 85.0 Å². The van der Waals surface area contributed by atoms with Crippen molar-refractivity contribution in [3.63, 3.8) is 0 Å². The molecule has 7 aromatic rings. The summed E-state index contributed by atoms with van der Waals surface area (Å²) >= 11 is 0. The molecule has 0 aliphatic carbocycles. The molecule has 0 aromatic heterocycles. The molecule has 0 saturated carbocycles. The highest BCUT2D eigenvalue weighted by atomic mass is 16.1. The van der Waals surface area contributed by atoms with Crippen LogP contribution in [-0.2, 0) is 0 Å². The van der Waals surface area contributed by atoms with Gasteiger partial charge in [-0.2, -0.15) is 0 Å². The highest BCUT2D eigenvalue weighted by Crippen LogP contribution is 2.35. The summed E-state index contributed by atoms with van der Waals surface area (Å²) in [6, 6.07) is 55.1. The van der Waals surface area contributed by atoms with Crippen LogP contribution in [0.25, 0.3) is 66.8 Å². The van der Waals surface area contributed by atoms with Gasteiger partial charge < -0.3 is 0 Å². The molecule has 0 heterocycles. The average Bonchev–Trinajstić information content (AvgIpc) is 3.18. The second-order valence-corrected chi connectivity index (χ2v) is 11.8. The number of hydrogen-bond acceptors (Lipinski definition) is 3. The summed E-state index contributed by atoms with van der Waals surface area (Å²) in [5, 5.41) is 0. The molecule has 3 heteroatoms. The predicted octanol–water partition coefficient (Wildman–Crippen LogP) is 11.1. The fourth-order valence-corrected chi connectivity index (χ4v) is 5.96. The van der Waals surface area contributed by atoms with Crippen LogP contribution in [0.1, 0.15) is 31.1 Å². The first-order chi connectivity index (χ1) is 23.6. The molecule has 3 nitrogen and oxygen atoms in total. The molecule has 48 heavy (non-hydrogen) atoms. The van der Waals surface area contributed by atoms with Crippen LogP contribution in [0.15, 0.2) is 164 Å². The lowest BCUT2D eigenvalue weighted by molar-refractivity contribution is 0.111. The van der Waals surface area contributed by atoms with E-state index in [2.05, 4.69) is 91.0 Å². The molecule has 0 saturated heterocycles. The van der Waals surface area contributed by atoms with Gasteiger partial charge in [-0.15, -0.1) is 0 Å². The predicted molar refractivity (Wildman–Crippen MR) is 195 cm³/mol. The normalized spacial score (nSPS) is 10.8. The lowest BCUT2D eigenvalue weighted by atomic mass is 9.91. The van der Waals surface area contributed by atoms with Crippen LogP contribution < -0.4 is 0 Å². The van der Waals surface area contributed by atoms with E-state index < -0.39 is 0 Å². The van der Waals surface area contributed by atoms with E-state index in [9.17, 15) is 14.4 Å². The Labute approximate surface area is 279 Å². The Balaban J connectivity index is 1.25. The highest BCUT2D eigenvalue weighted by molar-refractivity contribution is 5.84. The van der Waals surface area contributed by atoms with Crippen molar-refractivity contribution in [2.75, 3.05) is 0 Å². The highest BCUT2D eigenvalue weighted by Gasteiger charge is 2.10. The Kier molecular flexibility index (Phi) is 8.50. The molecule has 228 valence electrons. The van der Waals surface area contributed by atoms with Crippen molar-refractivity contribution in [3.05, 3.63) is 180 Å². The minimum Gasteiger partial charge on any atom is -0.298 e. The minimum absolute atomic E-state index is 0.660. The lowest BCUT2D eigenvalue weighted by Crippen LogP contribution is -1.88. The Morgan fingerprint density at radius 1 is 0.208 bits per heavy atom. The monoisotopic (exact) mass is 618 g/mol. The van der Waals surface area contributed by atoms with Crippen LogP contribution in [0.2, 0.25) is 0 Å². The summed E-state index contributed by atoms with van der Waals surface area (Å²) < 4.78 is 0. The molecule has 0 aliphatic heterocycles. The van der Waals surface area contributed by atoms with Crippen LogP contribution in [0, 0.1) is 0 Å². The molecule has 0 bridgehead atoms. The Bertz CT molecular complexity index is 1940. The summed E-state index contributed by atoms with van der Waals surface area (Å²) in [5.41, 5.74) is 15.0. The van der Waals surface area contributed by atoms with Crippen molar-refractivity contribution in [3.8, 4) is 66.8 Å². The summed E-state index contributed by atoms with van der Waals surface area (Å²) in [6.07, 6.45) is 2.57. The van der Waals surface area contributed by atoms with E-state index in [0.717, 1.165) is 85.6 Å². The van der Waals surface area contributed by atoms with Gasteiger partial charge in [0.1, 0.15) is 18.9 Å². The van der Waals surface area contributed by atoms with Crippen molar-refractivity contribution in [2.24, 2.45) is 0 Å². The average molecular weight is 619 g/mol. The van der Waals surface area contributed by atoms with Gasteiger partial charge in [0, 0.05) is 16.7 Å². The fraction of sp³-hybridized carbons (Fsp3) is 0. The molecule has 0 atom stereocenters.